The lowest BCUT2D eigenvalue weighted by Gasteiger charge is -2.18. The van der Waals surface area contributed by atoms with Crippen molar-refractivity contribution in [3.05, 3.63) is 68.6 Å². The van der Waals surface area contributed by atoms with Crippen LogP contribution in [0.15, 0.2) is 35.1 Å². The second kappa shape index (κ2) is 8.19. The van der Waals surface area contributed by atoms with Crippen molar-refractivity contribution in [1.29, 1.82) is 0 Å². The van der Waals surface area contributed by atoms with Gasteiger partial charge in [0.2, 0.25) is 0 Å². The quantitative estimate of drug-likeness (QED) is 0.628. The Morgan fingerprint density at radius 3 is 2.71 bits per heavy atom. The number of rotatable bonds is 6. The first kappa shape index (κ1) is 21.1. The minimum absolute atomic E-state index is 0.00598. The fraction of sp³-hybridized carbons (Fsp3) is 0.318. The number of aromatic amines is 1. The molecule has 9 heteroatoms. The monoisotopic (exact) mass is 444 g/mol. The number of carbonyl (C=O) groups is 1. The van der Waals surface area contributed by atoms with Gasteiger partial charge in [0.25, 0.3) is 5.91 Å². The molecule has 3 aromatic rings. The summed E-state index contributed by atoms with van der Waals surface area (Å²) < 4.78 is 22.1. The fourth-order valence-corrected chi connectivity index (χ4v) is 3.50. The topological polar surface area (TPSA) is 80.2 Å². The Kier molecular flexibility index (Phi) is 5.58. The number of nitrogens with zero attached hydrogens (tertiary/aromatic N) is 3. The third-order valence-corrected chi connectivity index (χ3v) is 5.92. The summed E-state index contributed by atoms with van der Waals surface area (Å²) in [4.78, 5) is 26.0. The highest BCUT2D eigenvalue weighted by Crippen LogP contribution is 2.37. The maximum Gasteiger partial charge on any atom is 0.343 e. The zero-order valence-electron chi connectivity index (χ0n) is 17.4. The highest BCUT2D eigenvalue weighted by Gasteiger charge is 2.30. The van der Waals surface area contributed by atoms with Gasteiger partial charge in [0.05, 0.1) is 0 Å². The van der Waals surface area contributed by atoms with Gasteiger partial charge in [0.15, 0.2) is 5.82 Å². The molecule has 0 atom stereocenters. The van der Waals surface area contributed by atoms with Crippen LogP contribution in [0, 0.1) is 12.7 Å². The summed E-state index contributed by atoms with van der Waals surface area (Å²) in [5.41, 5.74) is 1.41. The summed E-state index contributed by atoms with van der Waals surface area (Å²) in [5.74, 6) is 0.105. The first-order valence-electron chi connectivity index (χ1n) is 9.86. The number of amides is 1. The maximum absolute atomic E-state index is 14.8. The van der Waals surface area contributed by atoms with E-state index in [-0.39, 0.29) is 29.8 Å². The van der Waals surface area contributed by atoms with Gasteiger partial charge in [-0.1, -0.05) is 11.6 Å². The number of benzene rings is 2. The molecule has 31 heavy (non-hydrogen) atoms. The van der Waals surface area contributed by atoms with Gasteiger partial charge < -0.3 is 9.64 Å². The molecular weight excluding hydrogens is 423 g/mol. The van der Waals surface area contributed by atoms with Crippen molar-refractivity contribution in [3.8, 4) is 16.9 Å². The van der Waals surface area contributed by atoms with Gasteiger partial charge in [-0.2, -0.15) is 5.10 Å². The second-order valence-corrected chi connectivity index (χ2v) is 8.14. The normalized spacial score (nSPS) is 13.3. The summed E-state index contributed by atoms with van der Waals surface area (Å²) in [6.45, 7) is 1.80. The molecule has 1 aliphatic carbocycles. The first-order chi connectivity index (χ1) is 14.8. The number of H-pyrrole nitrogens is 1. The highest BCUT2D eigenvalue weighted by molar-refractivity contribution is 6.31. The molecule has 0 bridgehead atoms. The second-order valence-electron chi connectivity index (χ2n) is 7.73. The minimum Gasteiger partial charge on any atom is -0.485 e. The zero-order chi connectivity index (χ0) is 22.3. The summed E-state index contributed by atoms with van der Waals surface area (Å²) in [7, 11) is 3.33. The molecule has 2 aromatic carbocycles. The van der Waals surface area contributed by atoms with Gasteiger partial charge in [0, 0.05) is 41.9 Å². The van der Waals surface area contributed by atoms with E-state index in [4.69, 9.17) is 16.3 Å². The molecule has 0 radical (unpaired) electrons. The Balaban J connectivity index is 1.72. The third kappa shape index (κ3) is 4.20. The van der Waals surface area contributed by atoms with E-state index in [1.807, 2.05) is 6.92 Å². The van der Waals surface area contributed by atoms with E-state index in [0.717, 1.165) is 18.4 Å². The molecule has 1 aromatic heterocycles. The molecule has 0 spiro atoms. The van der Waals surface area contributed by atoms with Crippen LogP contribution in [0.2, 0.25) is 5.02 Å². The number of ether oxygens (including phenoxy) is 1. The van der Waals surface area contributed by atoms with Gasteiger partial charge >= 0.3 is 5.69 Å². The number of halogens is 2. The fourth-order valence-electron chi connectivity index (χ4n) is 3.33. The maximum atomic E-state index is 14.8. The van der Waals surface area contributed by atoms with Crippen molar-refractivity contribution in [2.24, 2.45) is 7.05 Å². The molecule has 0 aliphatic heterocycles. The Bertz CT molecular complexity index is 1220. The molecule has 1 N–H and O–H groups in total. The zero-order valence-corrected chi connectivity index (χ0v) is 18.2. The average Bonchev–Trinajstić information content (AvgIpc) is 3.55. The van der Waals surface area contributed by atoms with Crippen molar-refractivity contribution < 1.29 is 13.9 Å². The van der Waals surface area contributed by atoms with Crippen molar-refractivity contribution >= 4 is 17.5 Å². The lowest BCUT2D eigenvalue weighted by Crippen LogP contribution is -2.28. The SMILES string of the molecule is Cc1cc(OCc2n[nH]c(=O)n2C)c(-c2cc(C(=O)N(C)C3CC3)ccc2F)cc1Cl. The highest BCUT2D eigenvalue weighted by atomic mass is 35.5. The molecular formula is C22H22ClFN4O3. The Labute approximate surface area is 183 Å². The molecule has 1 saturated carbocycles. The Morgan fingerprint density at radius 2 is 2.06 bits per heavy atom. The number of aromatic nitrogens is 3. The van der Waals surface area contributed by atoms with E-state index in [2.05, 4.69) is 10.2 Å². The van der Waals surface area contributed by atoms with Crippen LogP contribution in [-0.2, 0) is 13.7 Å². The summed E-state index contributed by atoms with van der Waals surface area (Å²) in [6, 6.07) is 7.84. The number of carbonyl (C=O) groups excluding carboxylic acids is 1. The molecule has 1 fully saturated rings. The van der Waals surface area contributed by atoms with Crippen LogP contribution in [0.4, 0.5) is 4.39 Å². The average molecular weight is 445 g/mol. The summed E-state index contributed by atoms with van der Waals surface area (Å²) in [5, 5.41) is 6.71. The summed E-state index contributed by atoms with van der Waals surface area (Å²) in [6.07, 6.45) is 1.97. The number of aryl methyl sites for hydroxylation is 1. The molecule has 1 heterocycles. The van der Waals surface area contributed by atoms with Crippen LogP contribution < -0.4 is 10.4 Å². The van der Waals surface area contributed by atoms with Crippen molar-refractivity contribution in [3.63, 3.8) is 0 Å². The van der Waals surface area contributed by atoms with Crippen molar-refractivity contribution in [1.82, 2.24) is 19.7 Å². The number of hydrogen-bond donors (Lipinski definition) is 1. The van der Waals surface area contributed by atoms with E-state index in [1.54, 1.807) is 31.1 Å². The van der Waals surface area contributed by atoms with Crippen LogP contribution in [-0.4, -0.2) is 38.7 Å². The van der Waals surface area contributed by atoms with E-state index in [0.29, 0.717) is 27.7 Å². The first-order valence-corrected chi connectivity index (χ1v) is 10.2. The lowest BCUT2D eigenvalue weighted by molar-refractivity contribution is 0.0785. The molecule has 1 amide bonds. The van der Waals surface area contributed by atoms with Gasteiger partial charge in [-0.3, -0.25) is 9.36 Å². The van der Waals surface area contributed by atoms with Gasteiger partial charge in [-0.05, 0) is 55.7 Å². The van der Waals surface area contributed by atoms with Crippen molar-refractivity contribution in [2.45, 2.75) is 32.4 Å². The minimum atomic E-state index is -0.498. The molecule has 162 valence electrons. The van der Waals surface area contributed by atoms with E-state index in [1.165, 1.54) is 22.8 Å². The molecule has 1 aliphatic rings. The molecule has 0 saturated heterocycles. The van der Waals surface area contributed by atoms with Gasteiger partial charge in [-0.15, -0.1) is 0 Å². The Morgan fingerprint density at radius 1 is 1.32 bits per heavy atom. The molecule has 7 nitrogen and oxygen atoms in total. The lowest BCUT2D eigenvalue weighted by atomic mass is 9.99. The van der Waals surface area contributed by atoms with E-state index >= 15 is 0 Å². The largest absolute Gasteiger partial charge is 0.485 e. The van der Waals surface area contributed by atoms with Crippen molar-refractivity contribution in [2.75, 3.05) is 7.05 Å². The predicted molar refractivity (Wildman–Crippen MR) is 115 cm³/mol. The van der Waals surface area contributed by atoms with E-state index < -0.39 is 5.82 Å². The van der Waals surface area contributed by atoms with Crippen LogP contribution in [0.3, 0.4) is 0 Å². The molecule has 0 unspecified atom stereocenters. The number of hydrogen-bond acceptors (Lipinski definition) is 4. The standard InChI is InChI=1S/C22H22ClFN4O3/c1-12-8-19(31-11-20-25-26-22(30)28(20)3)16(10-17(12)23)15-9-13(4-7-18(15)24)21(29)27(2)14-5-6-14/h4,7-10,14H,5-6,11H2,1-3H3,(H,26,30). The van der Waals surface area contributed by atoms with Crippen LogP contribution in [0.25, 0.3) is 11.1 Å². The predicted octanol–water partition coefficient (Wildman–Crippen LogP) is 3.69. The van der Waals surface area contributed by atoms with Gasteiger partial charge in [0.1, 0.15) is 18.2 Å². The Hall–Kier alpha value is -3.13. The van der Waals surface area contributed by atoms with Crippen LogP contribution >= 0.6 is 11.6 Å². The van der Waals surface area contributed by atoms with E-state index in [9.17, 15) is 14.0 Å². The molecule has 4 rings (SSSR count). The number of nitrogens with one attached hydrogen (secondary N) is 1. The smallest absolute Gasteiger partial charge is 0.343 e. The van der Waals surface area contributed by atoms with Gasteiger partial charge in [-0.25, -0.2) is 14.3 Å². The summed E-state index contributed by atoms with van der Waals surface area (Å²) >= 11 is 6.32. The third-order valence-electron chi connectivity index (χ3n) is 5.51. The van der Waals surface area contributed by atoms with Crippen LogP contribution in [0.1, 0.15) is 34.6 Å². The van der Waals surface area contributed by atoms with Crippen LogP contribution in [0.5, 0.6) is 5.75 Å².